The van der Waals surface area contributed by atoms with Crippen LogP contribution in [-0.2, 0) is 4.79 Å². The van der Waals surface area contributed by atoms with Crippen molar-refractivity contribution in [1.82, 2.24) is 4.90 Å². The van der Waals surface area contributed by atoms with Gasteiger partial charge in [-0.1, -0.05) is 0 Å². The highest BCUT2D eigenvalue weighted by atomic mass is 79.9. The van der Waals surface area contributed by atoms with Crippen LogP contribution in [0.1, 0.15) is 37.0 Å². The molecule has 1 amide bonds. The molecule has 6 heteroatoms. The minimum atomic E-state index is -0.884. The highest BCUT2D eigenvalue weighted by Gasteiger charge is 2.19. The summed E-state index contributed by atoms with van der Waals surface area (Å²) in [6, 6.07) is 4.03. The van der Waals surface area contributed by atoms with Gasteiger partial charge in [0.2, 0.25) is 0 Å². The lowest BCUT2D eigenvalue weighted by atomic mass is 10.1. The third-order valence-corrected chi connectivity index (χ3v) is 3.45. The molecule has 0 bridgehead atoms. The van der Waals surface area contributed by atoms with E-state index in [9.17, 15) is 14.0 Å². The Labute approximate surface area is 125 Å². The van der Waals surface area contributed by atoms with E-state index in [1.165, 1.54) is 18.2 Å². The molecule has 0 aliphatic rings. The number of nitrogens with zero attached hydrogens (tertiary/aromatic N) is 1. The molecule has 110 valence electrons. The number of hydrogen-bond acceptors (Lipinski definition) is 2. The van der Waals surface area contributed by atoms with Gasteiger partial charge in [0.05, 0.1) is 4.47 Å². The van der Waals surface area contributed by atoms with Gasteiger partial charge in [-0.2, -0.15) is 0 Å². The lowest BCUT2D eigenvalue weighted by Gasteiger charge is -2.26. The van der Waals surface area contributed by atoms with E-state index in [-0.39, 0.29) is 22.8 Å². The highest BCUT2D eigenvalue weighted by molar-refractivity contribution is 9.10. The zero-order chi connectivity index (χ0) is 15.3. The van der Waals surface area contributed by atoms with Crippen LogP contribution in [0.5, 0.6) is 0 Å². The number of carbonyl (C=O) groups excluding carboxylic acids is 1. The standard InChI is InChI=1S/C14H17BrFNO3/c1-9(2)17(7-3-4-13(18)19)14(20)10-5-6-12(16)11(15)8-10/h5-6,8-9H,3-4,7H2,1-2H3,(H,18,19). The Morgan fingerprint density at radius 3 is 2.55 bits per heavy atom. The summed E-state index contributed by atoms with van der Waals surface area (Å²) in [4.78, 5) is 24.5. The first-order valence-electron chi connectivity index (χ1n) is 6.30. The normalized spacial score (nSPS) is 10.7. The molecule has 1 aromatic carbocycles. The first-order valence-corrected chi connectivity index (χ1v) is 7.10. The molecule has 0 unspecified atom stereocenters. The number of benzene rings is 1. The minimum Gasteiger partial charge on any atom is -0.481 e. The third kappa shape index (κ3) is 4.59. The summed E-state index contributed by atoms with van der Waals surface area (Å²) in [5.41, 5.74) is 0.377. The van der Waals surface area contributed by atoms with Gasteiger partial charge in [0.25, 0.3) is 5.91 Å². The maximum absolute atomic E-state index is 13.2. The quantitative estimate of drug-likeness (QED) is 0.860. The predicted molar refractivity (Wildman–Crippen MR) is 77.1 cm³/mol. The number of halogens is 2. The van der Waals surface area contributed by atoms with E-state index in [1.807, 2.05) is 13.8 Å². The third-order valence-electron chi connectivity index (χ3n) is 2.84. The molecule has 0 fully saturated rings. The zero-order valence-corrected chi connectivity index (χ0v) is 13.0. The number of carboxylic acid groups (broad SMARTS) is 1. The molecule has 0 atom stereocenters. The monoisotopic (exact) mass is 345 g/mol. The summed E-state index contributed by atoms with van der Waals surface area (Å²) in [6.45, 7) is 4.08. The zero-order valence-electron chi connectivity index (χ0n) is 11.4. The summed E-state index contributed by atoms with van der Waals surface area (Å²) in [6.07, 6.45) is 0.408. The van der Waals surface area contributed by atoms with Crippen molar-refractivity contribution in [2.45, 2.75) is 32.7 Å². The molecular formula is C14H17BrFNO3. The first-order chi connectivity index (χ1) is 9.32. The second kappa shape index (κ2) is 7.38. The van der Waals surface area contributed by atoms with E-state index in [4.69, 9.17) is 5.11 Å². The Kier molecular flexibility index (Phi) is 6.13. The summed E-state index contributed by atoms with van der Waals surface area (Å²) in [5, 5.41) is 8.64. The molecule has 1 N–H and O–H groups in total. The fourth-order valence-corrected chi connectivity index (χ4v) is 2.17. The fraction of sp³-hybridized carbons (Fsp3) is 0.429. The maximum Gasteiger partial charge on any atom is 0.303 e. The Bertz CT molecular complexity index is 505. The maximum atomic E-state index is 13.2. The summed E-state index contributed by atoms with van der Waals surface area (Å²) in [7, 11) is 0. The molecule has 0 heterocycles. The molecule has 20 heavy (non-hydrogen) atoms. The summed E-state index contributed by atoms with van der Waals surface area (Å²) >= 11 is 3.05. The van der Waals surface area contributed by atoms with Crippen LogP contribution in [0.15, 0.2) is 22.7 Å². The largest absolute Gasteiger partial charge is 0.481 e. The van der Waals surface area contributed by atoms with E-state index in [1.54, 1.807) is 4.90 Å². The molecule has 0 aliphatic heterocycles. The Morgan fingerprint density at radius 2 is 2.05 bits per heavy atom. The topological polar surface area (TPSA) is 57.6 Å². The van der Waals surface area contributed by atoms with Gasteiger partial charge >= 0.3 is 5.97 Å². The van der Waals surface area contributed by atoms with Gasteiger partial charge in [-0.15, -0.1) is 0 Å². The average molecular weight is 346 g/mol. The van der Waals surface area contributed by atoms with E-state index < -0.39 is 11.8 Å². The predicted octanol–water partition coefficient (Wildman–Crippen LogP) is 3.30. The molecule has 0 spiro atoms. The van der Waals surface area contributed by atoms with Gasteiger partial charge in [-0.25, -0.2) is 4.39 Å². The van der Waals surface area contributed by atoms with Crippen LogP contribution < -0.4 is 0 Å². The average Bonchev–Trinajstić information content (AvgIpc) is 2.36. The Morgan fingerprint density at radius 1 is 1.40 bits per heavy atom. The van der Waals surface area contributed by atoms with Crippen molar-refractivity contribution in [3.63, 3.8) is 0 Å². The SMILES string of the molecule is CC(C)N(CCCC(=O)O)C(=O)c1ccc(F)c(Br)c1. The summed E-state index contributed by atoms with van der Waals surface area (Å²) in [5.74, 6) is -1.54. The van der Waals surface area contributed by atoms with Gasteiger partial charge in [0, 0.05) is 24.6 Å². The molecular weight excluding hydrogens is 329 g/mol. The van der Waals surface area contributed by atoms with Gasteiger partial charge in [-0.3, -0.25) is 9.59 Å². The lowest BCUT2D eigenvalue weighted by Crippen LogP contribution is -2.38. The molecule has 0 radical (unpaired) electrons. The van der Waals surface area contributed by atoms with Crippen LogP contribution in [0.25, 0.3) is 0 Å². The smallest absolute Gasteiger partial charge is 0.303 e. The molecule has 0 saturated carbocycles. The van der Waals surface area contributed by atoms with Crippen molar-refractivity contribution < 1.29 is 19.1 Å². The molecule has 1 rings (SSSR count). The molecule has 0 aliphatic carbocycles. The molecule has 4 nitrogen and oxygen atoms in total. The van der Waals surface area contributed by atoms with Gasteiger partial charge in [-0.05, 0) is 54.4 Å². The minimum absolute atomic E-state index is 0.0175. The van der Waals surface area contributed by atoms with Crippen molar-refractivity contribution >= 4 is 27.8 Å². The molecule has 0 saturated heterocycles. The lowest BCUT2D eigenvalue weighted by molar-refractivity contribution is -0.137. The van der Waals surface area contributed by atoms with E-state index in [2.05, 4.69) is 15.9 Å². The van der Waals surface area contributed by atoms with Gasteiger partial charge < -0.3 is 10.0 Å². The van der Waals surface area contributed by atoms with Crippen LogP contribution in [-0.4, -0.2) is 34.5 Å². The van der Waals surface area contributed by atoms with E-state index in [0.29, 0.717) is 18.5 Å². The Balaban J connectivity index is 2.82. The van der Waals surface area contributed by atoms with E-state index >= 15 is 0 Å². The molecule has 0 aromatic heterocycles. The van der Waals surface area contributed by atoms with Crippen molar-refractivity contribution in [1.29, 1.82) is 0 Å². The number of aliphatic carboxylic acids is 1. The second-order valence-electron chi connectivity index (χ2n) is 4.72. The van der Waals surface area contributed by atoms with E-state index in [0.717, 1.165) is 0 Å². The summed E-state index contributed by atoms with van der Waals surface area (Å²) < 4.78 is 13.4. The first kappa shape index (κ1) is 16.6. The Hall–Kier alpha value is -1.43. The van der Waals surface area contributed by atoms with Crippen molar-refractivity contribution in [3.05, 3.63) is 34.1 Å². The van der Waals surface area contributed by atoms with Gasteiger partial charge in [0.15, 0.2) is 0 Å². The van der Waals surface area contributed by atoms with Gasteiger partial charge in [0.1, 0.15) is 5.82 Å². The highest BCUT2D eigenvalue weighted by Crippen LogP contribution is 2.19. The van der Waals surface area contributed by atoms with Crippen molar-refractivity contribution in [2.75, 3.05) is 6.54 Å². The van der Waals surface area contributed by atoms with Crippen LogP contribution in [0, 0.1) is 5.82 Å². The van der Waals surface area contributed by atoms with Crippen LogP contribution >= 0.6 is 15.9 Å². The number of rotatable bonds is 6. The number of amides is 1. The van der Waals surface area contributed by atoms with Crippen LogP contribution in [0.3, 0.4) is 0 Å². The molecule has 1 aromatic rings. The fourth-order valence-electron chi connectivity index (χ4n) is 1.79. The van der Waals surface area contributed by atoms with Crippen LogP contribution in [0.4, 0.5) is 4.39 Å². The van der Waals surface area contributed by atoms with Crippen molar-refractivity contribution in [2.24, 2.45) is 0 Å². The second-order valence-corrected chi connectivity index (χ2v) is 5.57. The van der Waals surface area contributed by atoms with Crippen molar-refractivity contribution in [3.8, 4) is 0 Å². The number of hydrogen-bond donors (Lipinski definition) is 1. The number of carbonyl (C=O) groups is 2. The van der Waals surface area contributed by atoms with Crippen LogP contribution in [0.2, 0.25) is 0 Å². The number of carboxylic acids is 1.